The first-order chi connectivity index (χ1) is 9.97. The van der Waals surface area contributed by atoms with Gasteiger partial charge in [-0.05, 0) is 30.2 Å². The maximum atomic E-state index is 13.9. The molecule has 1 aromatic heterocycles. The molecule has 110 valence electrons. The number of hydrogen-bond acceptors (Lipinski definition) is 4. The molecule has 1 aromatic carbocycles. The Kier molecular flexibility index (Phi) is 4.74. The van der Waals surface area contributed by atoms with Crippen LogP contribution in [0.15, 0.2) is 29.4 Å². The van der Waals surface area contributed by atoms with Gasteiger partial charge in [0, 0.05) is 18.9 Å². The van der Waals surface area contributed by atoms with Crippen LogP contribution in [0.2, 0.25) is 0 Å². The number of rotatable bonds is 5. The Morgan fingerprint density at radius 1 is 1.48 bits per heavy atom. The van der Waals surface area contributed by atoms with Crippen molar-refractivity contribution in [3.05, 3.63) is 47.0 Å². The minimum atomic E-state index is -1.06. The Bertz CT molecular complexity index is 698. The third-order valence-corrected chi connectivity index (χ3v) is 3.97. The number of thioether (sulfide) groups is 1. The first-order valence-electron chi connectivity index (χ1n) is 6.15. The lowest BCUT2D eigenvalue weighted by Crippen LogP contribution is -1.95. The molecule has 0 aliphatic carbocycles. The number of aliphatic carboxylic acids is 1. The molecule has 0 fully saturated rings. The summed E-state index contributed by atoms with van der Waals surface area (Å²) in [4.78, 5) is 10.4. The normalized spacial score (nSPS) is 11.2. The highest BCUT2D eigenvalue weighted by molar-refractivity contribution is 7.98. The smallest absolute Gasteiger partial charge is 0.328 e. The fourth-order valence-corrected chi connectivity index (χ4v) is 2.55. The Morgan fingerprint density at radius 2 is 2.24 bits per heavy atom. The summed E-state index contributed by atoms with van der Waals surface area (Å²) in [7, 11) is 1.85. The summed E-state index contributed by atoms with van der Waals surface area (Å²) in [6.07, 6.45) is 2.33. The quantitative estimate of drug-likeness (QED) is 0.679. The summed E-state index contributed by atoms with van der Waals surface area (Å²) >= 11 is 1.40. The summed E-state index contributed by atoms with van der Waals surface area (Å²) in [5, 5.41) is 17.2. The van der Waals surface area contributed by atoms with E-state index >= 15 is 0 Å². The maximum Gasteiger partial charge on any atom is 0.328 e. The van der Waals surface area contributed by atoms with Gasteiger partial charge < -0.3 is 9.67 Å². The topological polar surface area (TPSA) is 68.0 Å². The van der Waals surface area contributed by atoms with Crippen LogP contribution >= 0.6 is 11.8 Å². The van der Waals surface area contributed by atoms with E-state index in [1.165, 1.54) is 23.9 Å². The van der Waals surface area contributed by atoms with Crippen molar-refractivity contribution < 1.29 is 14.3 Å². The van der Waals surface area contributed by atoms with Gasteiger partial charge >= 0.3 is 5.97 Å². The maximum absolute atomic E-state index is 13.9. The molecule has 0 atom stereocenters. The van der Waals surface area contributed by atoms with E-state index < -0.39 is 5.97 Å². The molecular formula is C14H14FN3O2S. The van der Waals surface area contributed by atoms with Crippen molar-refractivity contribution in [3.8, 4) is 0 Å². The van der Waals surface area contributed by atoms with E-state index in [2.05, 4.69) is 10.2 Å². The van der Waals surface area contributed by atoms with Crippen LogP contribution in [0.5, 0.6) is 0 Å². The first kappa shape index (κ1) is 15.2. The van der Waals surface area contributed by atoms with E-state index in [-0.39, 0.29) is 5.82 Å². The highest BCUT2D eigenvalue weighted by Gasteiger charge is 2.08. The zero-order valence-corrected chi connectivity index (χ0v) is 12.4. The number of aryl methyl sites for hydroxylation is 1. The molecule has 2 aromatic rings. The van der Waals surface area contributed by atoms with Gasteiger partial charge in [-0.15, -0.1) is 10.2 Å². The van der Waals surface area contributed by atoms with Crippen molar-refractivity contribution in [2.24, 2.45) is 7.05 Å². The van der Waals surface area contributed by atoms with E-state index in [4.69, 9.17) is 5.11 Å². The monoisotopic (exact) mass is 307 g/mol. The fourth-order valence-electron chi connectivity index (χ4n) is 1.61. The van der Waals surface area contributed by atoms with Gasteiger partial charge in [-0.2, -0.15) is 0 Å². The molecule has 0 amide bonds. The Labute approximate surface area is 125 Å². The number of benzene rings is 1. The van der Waals surface area contributed by atoms with Gasteiger partial charge in [0.15, 0.2) is 5.16 Å². The molecule has 2 rings (SSSR count). The molecule has 1 heterocycles. The van der Waals surface area contributed by atoms with Crippen LogP contribution in [0.3, 0.4) is 0 Å². The minimum absolute atomic E-state index is 0.367. The Hall–Kier alpha value is -2.15. The average Bonchev–Trinajstić information content (AvgIpc) is 2.75. The third-order valence-electron chi connectivity index (χ3n) is 2.90. The van der Waals surface area contributed by atoms with Crippen molar-refractivity contribution in [1.82, 2.24) is 14.8 Å². The Morgan fingerprint density at radius 3 is 2.81 bits per heavy atom. The first-order valence-corrected chi connectivity index (χ1v) is 7.14. The van der Waals surface area contributed by atoms with Crippen LogP contribution in [0.4, 0.5) is 4.39 Å². The van der Waals surface area contributed by atoms with E-state index in [9.17, 15) is 9.18 Å². The number of carboxylic acids is 1. The third kappa shape index (κ3) is 3.91. The number of aromatic nitrogens is 3. The van der Waals surface area contributed by atoms with Gasteiger partial charge in [-0.3, -0.25) is 0 Å². The average molecular weight is 307 g/mol. The molecule has 0 bridgehead atoms. The fraction of sp³-hybridized carbons (Fsp3) is 0.214. The lowest BCUT2D eigenvalue weighted by Gasteiger charge is -2.04. The predicted molar refractivity (Wildman–Crippen MR) is 78.4 cm³/mol. The lowest BCUT2D eigenvalue weighted by molar-refractivity contribution is -0.131. The number of nitrogens with zero attached hydrogens (tertiary/aromatic N) is 3. The van der Waals surface area contributed by atoms with E-state index in [0.29, 0.717) is 16.9 Å². The molecule has 7 heteroatoms. The predicted octanol–water partition coefficient (Wildman–Crippen LogP) is 2.65. The van der Waals surface area contributed by atoms with Crippen molar-refractivity contribution in [2.75, 3.05) is 0 Å². The van der Waals surface area contributed by atoms with Gasteiger partial charge in [0.05, 0.1) is 0 Å². The SMILES string of the molecule is Cc1nnc(SCc2ccc(C=CC(=O)O)cc2F)n1C. The lowest BCUT2D eigenvalue weighted by atomic mass is 10.1. The van der Waals surface area contributed by atoms with Crippen LogP contribution in [-0.4, -0.2) is 25.8 Å². The van der Waals surface area contributed by atoms with Crippen molar-refractivity contribution in [2.45, 2.75) is 17.8 Å². The van der Waals surface area contributed by atoms with Crippen molar-refractivity contribution in [1.29, 1.82) is 0 Å². The van der Waals surface area contributed by atoms with E-state index in [1.54, 1.807) is 12.1 Å². The molecule has 0 saturated heterocycles. The molecule has 0 aliphatic rings. The van der Waals surface area contributed by atoms with Crippen LogP contribution in [0.1, 0.15) is 17.0 Å². The number of halogens is 1. The molecule has 0 radical (unpaired) electrons. The van der Waals surface area contributed by atoms with Crippen LogP contribution < -0.4 is 0 Å². The second-order valence-electron chi connectivity index (χ2n) is 4.40. The summed E-state index contributed by atoms with van der Waals surface area (Å²) in [5.41, 5.74) is 1.05. The number of carboxylic acid groups (broad SMARTS) is 1. The largest absolute Gasteiger partial charge is 0.478 e. The van der Waals surface area contributed by atoms with Crippen LogP contribution in [0, 0.1) is 12.7 Å². The second kappa shape index (κ2) is 6.53. The number of carbonyl (C=O) groups is 1. The van der Waals surface area contributed by atoms with Gasteiger partial charge in [-0.1, -0.05) is 23.9 Å². The van der Waals surface area contributed by atoms with Gasteiger partial charge in [0.2, 0.25) is 0 Å². The van der Waals surface area contributed by atoms with E-state index in [0.717, 1.165) is 17.1 Å². The standard InChI is InChI=1S/C14H14FN3O2S/c1-9-16-17-14(18(9)2)21-8-11-5-3-10(7-12(11)15)4-6-13(19)20/h3-7H,8H2,1-2H3,(H,19,20). The van der Waals surface area contributed by atoms with Gasteiger partial charge in [0.25, 0.3) is 0 Å². The van der Waals surface area contributed by atoms with Crippen molar-refractivity contribution >= 4 is 23.8 Å². The summed E-state index contributed by atoms with van der Waals surface area (Å²) in [5.74, 6) is -0.200. The zero-order chi connectivity index (χ0) is 15.4. The Balaban J connectivity index is 2.07. The van der Waals surface area contributed by atoms with Crippen LogP contribution in [-0.2, 0) is 17.6 Å². The molecule has 21 heavy (non-hydrogen) atoms. The van der Waals surface area contributed by atoms with E-state index in [1.807, 2.05) is 18.5 Å². The van der Waals surface area contributed by atoms with Gasteiger partial charge in [0.1, 0.15) is 11.6 Å². The number of hydrogen-bond donors (Lipinski definition) is 1. The molecule has 0 aliphatic heterocycles. The highest BCUT2D eigenvalue weighted by Crippen LogP contribution is 2.23. The molecule has 5 nitrogen and oxygen atoms in total. The molecule has 0 saturated carbocycles. The van der Waals surface area contributed by atoms with Gasteiger partial charge in [-0.25, -0.2) is 9.18 Å². The summed E-state index contributed by atoms with van der Waals surface area (Å²) in [6.45, 7) is 1.85. The molecule has 1 N–H and O–H groups in total. The van der Waals surface area contributed by atoms with Crippen molar-refractivity contribution in [3.63, 3.8) is 0 Å². The molecule has 0 spiro atoms. The van der Waals surface area contributed by atoms with Crippen LogP contribution in [0.25, 0.3) is 6.08 Å². The second-order valence-corrected chi connectivity index (χ2v) is 5.34. The summed E-state index contributed by atoms with van der Waals surface area (Å²) < 4.78 is 15.8. The molecular weight excluding hydrogens is 293 g/mol. The summed E-state index contributed by atoms with van der Waals surface area (Å²) in [6, 6.07) is 4.64. The highest BCUT2D eigenvalue weighted by atomic mass is 32.2. The minimum Gasteiger partial charge on any atom is -0.478 e. The zero-order valence-electron chi connectivity index (χ0n) is 11.6. The molecule has 0 unspecified atom stereocenters.